The molecule has 0 spiro atoms. The molecule has 2 fully saturated rings. The molecule has 27 heavy (non-hydrogen) atoms. The van der Waals surface area contributed by atoms with Gasteiger partial charge in [0.05, 0.1) is 0 Å². The van der Waals surface area contributed by atoms with Crippen LogP contribution in [-0.2, 0) is 6.61 Å². The van der Waals surface area contributed by atoms with Crippen LogP contribution in [0.5, 0.6) is 5.75 Å². The predicted octanol–water partition coefficient (Wildman–Crippen LogP) is 3.48. The fraction of sp³-hybridized carbons (Fsp3) is 0.550. The first-order valence-corrected chi connectivity index (χ1v) is 9.84. The lowest BCUT2D eigenvalue weighted by atomic mass is 9.97. The molecule has 0 radical (unpaired) electrons. The van der Waals surface area contributed by atoms with Crippen LogP contribution in [0.15, 0.2) is 34.9 Å². The van der Waals surface area contributed by atoms with Gasteiger partial charge in [-0.05, 0) is 37.8 Å². The summed E-state index contributed by atoms with van der Waals surface area (Å²) >= 11 is 0. The van der Waals surface area contributed by atoms with Crippen LogP contribution in [0.3, 0.4) is 0 Å². The van der Waals surface area contributed by atoms with Crippen molar-refractivity contribution in [2.45, 2.75) is 57.1 Å². The molecule has 1 unspecified atom stereocenters. The standard InChI is InChI=1S/C20H26N4O3/c25-20(21-16-8-4-5-9-16)24-12-6-7-15(13-24)19-22-18(27-23-19)14-26-17-10-2-1-3-11-17/h1-3,10-11,15-16H,4-9,12-14H2,(H,21,25). The Kier molecular flexibility index (Phi) is 5.55. The van der Waals surface area contributed by atoms with Crippen molar-refractivity contribution in [2.24, 2.45) is 0 Å². The number of carbonyl (C=O) groups excluding carboxylic acids is 1. The molecule has 1 atom stereocenters. The third-order valence-corrected chi connectivity index (χ3v) is 5.35. The molecule has 1 aliphatic heterocycles. The molecule has 2 amide bonds. The van der Waals surface area contributed by atoms with E-state index in [4.69, 9.17) is 9.26 Å². The summed E-state index contributed by atoms with van der Waals surface area (Å²) in [6.45, 7) is 1.67. The first kappa shape index (κ1) is 17.8. The molecule has 1 saturated carbocycles. The largest absolute Gasteiger partial charge is 0.484 e. The minimum atomic E-state index is 0.0442. The number of carbonyl (C=O) groups is 1. The highest BCUT2D eigenvalue weighted by atomic mass is 16.5. The van der Waals surface area contributed by atoms with E-state index in [0.717, 1.165) is 38.0 Å². The van der Waals surface area contributed by atoms with E-state index < -0.39 is 0 Å². The zero-order valence-corrected chi connectivity index (χ0v) is 15.5. The number of benzene rings is 1. The van der Waals surface area contributed by atoms with Gasteiger partial charge < -0.3 is 19.5 Å². The number of rotatable bonds is 5. The van der Waals surface area contributed by atoms with Gasteiger partial charge in [0.1, 0.15) is 5.75 Å². The van der Waals surface area contributed by atoms with E-state index in [0.29, 0.717) is 24.3 Å². The normalized spacial score (nSPS) is 20.6. The molecule has 1 aromatic carbocycles. The molecular formula is C20H26N4O3. The molecule has 7 heteroatoms. The zero-order chi connectivity index (χ0) is 18.5. The van der Waals surface area contributed by atoms with Gasteiger partial charge in [-0.2, -0.15) is 4.98 Å². The van der Waals surface area contributed by atoms with Crippen LogP contribution in [0.25, 0.3) is 0 Å². The number of amides is 2. The quantitative estimate of drug-likeness (QED) is 0.871. The van der Waals surface area contributed by atoms with Crippen molar-refractivity contribution in [1.82, 2.24) is 20.4 Å². The number of nitrogens with zero attached hydrogens (tertiary/aromatic N) is 3. The third-order valence-electron chi connectivity index (χ3n) is 5.35. The van der Waals surface area contributed by atoms with Crippen LogP contribution in [0, 0.1) is 0 Å². The minimum absolute atomic E-state index is 0.0442. The zero-order valence-electron chi connectivity index (χ0n) is 15.5. The molecule has 2 aromatic rings. The highest BCUT2D eigenvalue weighted by Gasteiger charge is 2.29. The van der Waals surface area contributed by atoms with Gasteiger partial charge in [0.15, 0.2) is 12.4 Å². The summed E-state index contributed by atoms with van der Waals surface area (Å²) in [6.07, 6.45) is 6.53. The summed E-state index contributed by atoms with van der Waals surface area (Å²) in [6, 6.07) is 9.94. The Bertz CT molecular complexity index is 743. The smallest absolute Gasteiger partial charge is 0.317 e. The Morgan fingerprint density at radius 3 is 2.81 bits per heavy atom. The molecule has 2 aliphatic rings. The lowest BCUT2D eigenvalue weighted by Crippen LogP contribution is -2.47. The second kappa shape index (κ2) is 8.41. The van der Waals surface area contributed by atoms with E-state index in [2.05, 4.69) is 15.5 Å². The maximum Gasteiger partial charge on any atom is 0.317 e. The molecule has 144 valence electrons. The highest BCUT2D eigenvalue weighted by molar-refractivity contribution is 5.74. The van der Waals surface area contributed by atoms with E-state index in [1.165, 1.54) is 12.8 Å². The topological polar surface area (TPSA) is 80.5 Å². The van der Waals surface area contributed by atoms with Crippen LogP contribution in [0.1, 0.15) is 56.2 Å². The molecule has 4 rings (SSSR count). The molecule has 1 aliphatic carbocycles. The van der Waals surface area contributed by atoms with Crippen LogP contribution < -0.4 is 10.1 Å². The number of nitrogens with one attached hydrogen (secondary N) is 1. The van der Waals surface area contributed by atoms with Gasteiger partial charge >= 0.3 is 6.03 Å². The number of aromatic nitrogens is 2. The van der Waals surface area contributed by atoms with Gasteiger partial charge in [0, 0.05) is 25.0 Å². The Labute approximate surface area is 159 Å². The number of hydrogen-bond acceptors (Lipinski definition) is 5. The summed E-state index contributed by atoms with van der Waals surface area (Å²) in [5.74, 6) is 2.01. The third kappa shape index (κ3) is 4.59. The Morgan fingerprint density at radius 2 is 2.00 bits per heavy atom. The summed E-state index contributed by atoms with van der Waals surface area (Å²) in [5, 5.41) is 7.29. The second-order valence-electron chi connectivity index (χ2n) is 7.36. The number of ether oxygens (including phenoxy) is 1. The SMILES string of the molecule is O=C(NC1CCCC1)N1CCCC(c2noc(COc3ccccc3)n2)C1. The molecule has 0 bridgehead atoms. The average Bonchev–Trinajstić information content (AvgIpc) is 3.39. The maximum atomic E-state index is 12.5. The minimum Gasteiger partial charge on any atom is -0.484 e. The van der Waals surface area contributed by atoms with Crippen molar-refractivity contribution in [3.05, 3.63) is 42.0 Å². The molecule has 2 heterocycles. The Morgan fingerprint density at radius 1 is 1.19 bits per heavy atom. The van der Waals surface area contributed by atoms with Crippen LogP contribution in [0.4, 0.5) is 4.79 Å². The lowest BCUT2D eigenvalue weighted by Gasteiger charge is -2.32. The number of likely N-dealkylation sites (tertiary alicyclic amines) is 1. The fourth-order valence-corrected chi connectivity index (χ4v) is 3.86. The lowest BCUT2D eigenvalue weighted by molar-refractivity contribution is 0.174. The monoisotopic (exact) mass is 370 g/mol. The molecular weight excluding hydrogens is 344 g/mol. The van der Waals surface area contributed by atoms with Gasteiger partial charge in [-0.25, -0.2) is 4.79 Å². The van der Waals surface area contributed by atoms with Crippen LogP contribution in [0.2, 0.25) is 0 Å². The van der Waals surface area contributed by atoms with E-state index in [1.807, 2.05) is 35.2 Å². The van der Waals surface area contributed by atoms with E-state index in [-0.39, 0.29) is 18.6 Å². The van der Waals surface area contributed by atoms with Gasteiger partial charge in [-0.15, -0.1) is 0 Å². The second-order valence-corrected chi connectivity index (χ2v) is 7.36. The van der Waals surface area contributed by atoms with Crippen molar-refractivity contribution >= 4 is 6.03 Å². The molecule has 7 nitrogen and oxygen atoms in total. The van der Waals surface area contributed by atoms with Crippen molar-refractivity contribution in [3.8, 4) is 5.75 Å². The van der Waals surface area contributed by atoms with Gasteiger partial charge in [-0.3, -0.25) is 0 Å². The Hall–Kier alpha value is -2.57. The van der Waals surface area contributed by atoms with E-state index >= 15 is 0 Å². The average molecular weight is 370 g/mol. The van der Waals surface area contributed by atoms with Crippen LogP contribution >= 0.6 is 0 Å². The number of urea groups is 1. The first-order valence-electron chi connectivity index (χ1n) is 9.84. The number of hydrogen-bond donors (Lipinski definition) is 1. The molecule has 1 saturated heterocycles. The summed E-state index contributed by atoms with van der Waals surface area (Å²) in [5.41, 5.74) is 0. The van der Waals surface area contributed by atoms with Gasteiger partial charge in [0.2, 0.25) is 0 Å². The fourth-order valence-electron chi connectivity index (χ4n) is 3.86. The highest BCUT2D eigenvalue weighted by Crippen LogP contribution is 2.26. The maximum absolute atomic E-state index is 12.5. The van der Waals surface area contributed by atoms with Crippen molar-refractivity contribution in [1.29, 1.82) is 0 Å². The van der Waals surface area contributed by atoms with Crippen molar-refractivity contribution in [2.75, 3.05) is 13.1 Å². The van der Waals surface area contributed by atoms with E-state index in [1.54, 1.807) is 0 Å². The van der Waals surface area contributed by atoms with Gasteiger partial charge in [-0.1, -0.05) is 36.2 Å². The van der Waals surface area contributed by atoms with E-state index in [9.17, 15) is 4.79 Å². The Balaban J connectivity index is 1.31. The summed E-state index contributed by atoms with van der Waals surface area (Å²) < 4.78 is 11.0. The molecule has 1 aromatic heterocycles. The molecule has 1 N–H and O–H groups in total. The predicted molar refractivity (Wildman–Crippen MR) is 99.4 cm³/mol. The summed E-state index contributed by atoms with van der Waals surface area (Å²) in [4.78, 5) is 18.9. The summed E-state index contributed by atoms with van der Waals surface area (Å²) in [7, 11) is 0. The number of piperidine rings is 1. The first-order chi connectivity index (χ1) is 13.3. The number of para-hydroxylation sites is 1. The van der Waals surface area contributed by atoms with Crippen molar-refractivity contribution < 1.29 is 14.1 Å². The van der Waals surface area contributed by atoms with Gasteiger partial charge in [0.25, 0.3) is 5.89 Å². The van der Waals surface area contributed by atoms with Crippen LogP contribution in [-0.4, -0.2) is 40.2 Å². The van der Waals surface area contributed by atoms with Crippen molar-refractivity contribution in [3.63, 3.8) is 0 Å².